The monoisotopic (exact) mass is 425 g/mol. The number of unbranched alkanes of at least 4 members (excludes halogenated alkanes) is 2. The van der Waals surface area contributed by atoms with E-state index in [0.29, 0.717) is 0 Å². The van der Waals surface area contributed by atoms with E-state index in [1.54, 1.807) is 0 Å². The molecule has 3 heteroatoms. The molecule has 0 atom stereocenters. The van der Waals surface area contributed by atoms with E-state index < -0.39 is 0 Å². The fourth-order valence-electron chi connectivity index (χ4n) is 1.86. The predicted molar refractivity (Wildman–Crippen MR) is 69.5 cm³/mol. The molecule has 0 spiro atoms. The summed E-state index contributed by atoms with van der Waals surface area (Å²) in [6.45, 7) is 12.3. The zero-order valence-corrected chi connectivity index (χ0v) is 14.2. The third kappa shape index (κ3) is 6.82. The van der Waals surface area contributed by atoms with Crippen molar-refractivity contribution in [3.63, 3.8) is 0 Å². The first kappa shape index (κ1) is 17.8. The van der Waals surface area contributed by atoms with Gasteiger partial charge in [0.1, 0.15) is 0 Å². The third-order valence-corrected chi connectivity index (χ3v) is 4.04. The first-order valence-corrected chi connectivity index (χ1v) is 7.18. The predicted octanol–water partition coefficient (Wildman–Crippen LogP) is 0.472. The van der Waals surface area contributed by atoms with Gasteiger partial charge in [0.25, 0.3) is 0 Å². The van der Waals surface area contributed by atoms with Crippen LogP contribution >= 0.6 is 22.6 Å². The highest BCUT2D eigenvalue weighted by Crippen LogP contribution is 2.09. The maximum Gasteiger partial charge on any atom is 0.0786 e. The van der Waals surface area contributed by atoms with E-state index in [1.165, 1.54) is 54.4 Å². The number of halogens is 2. The average molecular weight is 425 g/mol. The van der Waals surface area contributed by atoms with E-state index in [-0.39, 0.29) is 24.0 Å². The van der Waals surface area contributed by atoms with Gasteiger partial charge in [-0.25, -0.2) is 0 Å². The first-order valence-electron chi connectivity index (χ1n) is 5.65. The van der Waals surface area contributed by atoms with Crippen LogP contribution in [0.15, 0.2) is 0 Å². The molecule has 0 fully saturated rings. The highest BCUT2D eigenvalue weighted by atomic mass is 127. The second-order valence-electron chi connectivity index (χ2n) is 3.76. The van der Waals surface area contributed by atoms with Gasteiger partial charge in [-0.1, -0.05) is 22.6 Å². The Morgan fingerprint density at radius 2 is 1.36 bits per heavy atom. The lowest BCUT2D eigenvalue weighted by Crippen LogP contribution is -3.00. The minimum absolute atomic E-state index is 0. The molecule has 0 heterocycles. The minimum atomic E-state index is 0. The fraction of sp³-hybridized carbons (Fsp3) is 1.00. The Balaban J connectivity index is 0. The van der Waals surface area contributed by atoms with E-state index in [9.17, 15) is 0 Å². The van der Waals surface area contributed by atoms with Gasteiger partial charge < -0.3 is 28.5 Å². The molecule has 0 bridgehead atoms. The standard InChI is InChI=1S/C11H25IN.HI/c1-4-13(5-2,6-3)11-9-7-8-10-12;/h4-11H2,1-3H3;1H/q+1;/p-1. The van der Waals surface area contributed by atoms with E-state index >= 15 is 0 Å². The van der Waals surface area contributed by atoms with Crippen LogP contribution in [0.3, 0.4) is 0 Å². The van der Waals surface area contributed by atoms with E-state index in [1.807, 2.05) is 0 Å². The van der Waals surface area contributed by atoms with Crippen molar-refractivity contribution in [3.8, 4) is 0 Å². The summed E-state index contributed by atoms with van der Waals surface area (Å²) in [5.41, 5.74) is 0. The van der Waals surface area contributed by atoms with Crippen LogP contribution in [-0.4, -0.2) is 35.1 Å². The summed E-state index contributed by atoms with van der Waals surface area (Å²) in [5, 5.41) is 0. The molecule has 0 aromatic rings. The molecular formula is C11H25I2N. The van der Waals surface area contributed by atoms with Crippen molar-refractivity contribution in [2.75, 3.05) is 30.6 Å². The molecule has 0 saturated carbocycles. The van der Waals surface area contributed by atoms with Crippen molar-refractivity contribution in [1.29, 1.82) is 0 Å². The quantitative estimate of drug-likeness (QED) is 0.230. The van der Waals surface area contributed by atoms with Crippen molar-refractivity contribution < 1.29 is 28.5 Å². The van der Waals surface area contributed by atoms with Gasteiger partial charge in [-0.15, -0.1) is 0 Å². The number of hydrogen-bond donors (Lipinski definition) is 0. The molecule has 1 nitrogen and oxygen atoms in total. The molecule has 0 aliphatic carbocycles. The van der Waals surface area contributed by atoms with Gasteiger partial charge in [-0.3, -0.25) is 0 Å². The zero-order chi connectivity index (χ0) is 10.2. The van der Waals surface area contributed by atoms with Crippen molar-refractivity contribution in [3.05, 3.63) is 0 Å². The summed E-state index contributed by atoms with van der Waals surface area (Å²) < 4.78 is 2.64. The number of quaternary nitrogens is 1. The summed E-state index contributed by atoms with van der Waals surface area (Å²) in [6, 6.07) is 0. The van der Waals surface area contributed by atoms with Crippen LogP contribution in [0.5, 0.6) is 0 Å². The molecule has 0 radical (unpaired) electrons. The van der Waals surface area contributed by atoms with Gasteiger partial charge >= 0.3 is 0 Å². The smallest absolute Gasteiger partial charge is 0.0786 e. The maximum atomic E-state index is 2.47. The molecule has 88 valence electrons. The molecule has 0 aromatic heterocycles. The summed E-state index contributed by atoms with van der Waals surface area (Å²) in [4.78, 5) is 0. The number of hydrogen-bond acceptors (Lipinski definition) is 0. The largest absolute Gasteiger partial charge is 1.00 e. The summed E-state index contributed by atoms with van der Waals surface area (Å²) in [6.07, 6.45) is 4.24. The van der Waals surface area contributed by atoms with Gasteiger partial charge in [0, 0.05) is 0 Å². The Morgan fingerprint density at radius 1 is 0.857 bits per heavy atom. The van der Waals surface area contributed by atoms with E-state index in [2.05, 4.69) is 43.4 Å². The molecule has 0 aliphatic rings. The molecule has 0 amide bonds. The lowest BCUT2D eigenvalue weighted by Gasteiger charge is -2.35. The van der Waals surface area contributed by atoms with Gasteiger partial charge in [-0.05, 0) is 44.5 Å². The SMILES string of the molecule is CC[N+](CC)(CC)CCCCCI.[I-]. The number of rotatable bonds is 8. The van der Waals surface area contributed by atoms with Crippen LogP contribution < -0.4 is 24.0 Å². The van der Waals surface area contributed by atoms with Crippen LogP contribution in [0.2, 0.25) is 0 Å². The lowest BCUT2D eigenvalue weighted by molar-refractivity contribution is -0.923. The van der Waals surface area contributed by atoms with Crippen LogP contribution in [0.1, 0.15) is 40.0 Å². The van der Waals surface area contributed by atoms with Crippen molar-refractivity contribution in [1.82, 2.24) is 0 Å². The summed E-state index contributed by atoms with van der Waals surface area (Å²) >= 11 is 2.47. The van der Waals surface area contributed by atoms with Crippen LogP contribution in [-0.2, 0) is 0 Å². The molecule has 0 rings (SSSR count). The van der Waals surface area contributed by atoms with Crippen molar-refractivity contribution >= 4 is 22.6 Å². The Kier molecular flexibility index (Phi) is 13.9. The van der Waals surface area contributed by atoms with Crippen LogP contribution in [0, 0.1) is 0 Å². The Labute approximate surface area is 121 Å². The summed E-state index contributed by atoms with van der Waals surface area (Å²) in [5.74, 6) is 0. The van der Waals surface area contributed by atoms with E-state index in [4.69, 9.17) is 0 Å². The topological polar surface area (TPSA) is 0 Å². The molecule has 0 saturated heterocycles. The fourth-order valence-corrected chi connectivity index (χ4v) is 2.40. The second-order valence-corrected chi connectivity index (χ2v) is 4.84. The van der Waals surface area contributed by atoms with Gasteiger partial charge in [0.2, 0.25) is 0 Å². The maximum absolute atomic E-state index is 2.47. The molecule has 0 aromatic carbocycles. The lowest BCUT2D eigenvalue weighted by atomic mass is 10.2. The Hall–Kier alpha value is 1.42. The third-order valence-electron chi connectivity index (χ3n) is 3.28. The van der Waals surface area contributed by atoms with Crippen LogP contribution in [0.4, 0.5) is 0 Å². The summed E-state index contributed by atoms with van der Waals surface area (Å²) in [7, 11) is 0. The Bertz CT molecular complexity index is 106. The molecule has 0 aliphatic heterocycles. The first-order chi connectivity index (χ1) is 6.24. The molecule has 0 N–H and O–H groups in total. The number of alkyl halides is 1. The van der Waals surface area contributed by atoms with Crippen molar-refractivity contribution in [2.24, 2.45) is 0 Å². The van der Waals surface area contributed by atoms with E-state index in [0.717, 1.165) is 0 Å². The molecule has 0 unspecified atom stereocenters. The Morgan fingerprint density at radius 3 is 1.71 bits per heavy atom. The highest BCUT2D eigenvalue weighted by molar-refractivity contribution is 14.1. The number of nitrogens with zero attached hydrogens (tertiary/aromatic N) is 1. The minimum Gasteiger partial charge on any atom is -1.00 e. The normalized spacial score (nSPS) is 11.1. The molecule has 14 heavy (non-hydrogen) atoms. The molecular weight excluding hydrogens is 400 g/mol. The van der Waals surface area contributed by atoms with Gasteiger partial charge in [0.15, 0.2) is 0 Å². The second kappa shape index (κ2) is 10.9. The van der Waals surface area contributed by atoms with Crippen LogP contribution in [0.25, 0.3) is 0 Å². The van der Waals surface area contributed by atoms with Gasteiger partial charge in [-0.2, -0.15) is 0 Å². The van der Waals surface area contributed by atoms with Crippen molar-refractivity contribution in [2.45, 2.75) is 40.0 Å². The zero-order valence-electron chi connectivity index (χ0n) is 9.86. The average Bonchev–Trinajstić information content (AvgIpc) is 2.20. The van der Waals surface area contributed by atoms with Gasteiger partial charge in [0.05, 0.1) is 26.2 Å². The highest BCUT2D eigenvalue weighted by Gasteiger charge is 2.19.